The standard InChI is InChI=1S/C9H10ClNO2S/c1-3-13-9(12)6-4-5-7(14-2)11-8(6)10/h4-5H,3H2,1-2H3. The topological polar surface area (TPSA) is 39.2 Å². The van der Waals surface area contributed by atoms with Gasteiger partial charge in [0.15, 0.2) is 0 Å². The van der Waals surface area contributed by atoms with Crippen molar-refractivity contribution in [1.82, 2.24) is 4.98 Å². The Bertz CT molecular complexity index is 344. The Morgan fingerprint density at radius 3 is 2.86 bits per heavy atom. The molecule has 14 heavy (non-hydrogen) atoms. The van der Waals surface area contributed by atoms with Crippen LogP contribution >= 0.6 is 23.4 Å². The highest BCUT2D eigenvalue weighted by molar-refractivity contribution is 7.98. The molecule has 0 fully saturated rings. The molecule has 5 heteroatoms. The predicted molar refractivity (Wildman–Crippen MR) is 57.0 cm³/mol. The van der Waals surface area contributed by atoms with Gasteiger partial charge in [-0.1, -0.05) is 11.6 Å². The van der Waals surface area contributed by atoms with Crippen molar-refractivity contribution in [2.75, 3.05) is 12.9 Å². The Hall–Kier alpha value is -0.740. The molecule has 0 saturated heterocycles. The summed E-state index contributed by atoms with van der Waals surface area (Å²) in [6.45, 7) is 2.08. The lowest BCUT2D eigenvalue weighted by Crippen LogP contribution is -2.06. The van der Waals surface area contributed by atoms with Crippen LogP contribution in [-0.2, 0) is 4.74 Å². The maximum Gasteiger partial charge on any atom is 0.341 e. The summed E-state index contributed by atoms with van der Waals surface area (Å²) < 4.78 is 4.81. The second-order valence-electron chi connectivity index (χ2n) is 2.41. The lowest BCUT2D eigenvalue weighted by Gasteiger charge is -2.04. The van der Waals surface area contributed by atoms with Gasteiger partial charge in [0.2, 0.25) is 0 Å². The summed E-state index contributed by atoms with van der Waals surface area (Å²) in [4.78, 5) is 15.3. The fourth-order valence-corrected chi connectivity index (χ4v) is 1.56. The van der Waals surface area contributed by atoms with Gasteiger partial charge < -0.3 is 4.74 Å². The van der Waals surface area contributed by atoms with E-state index in [1.807, 2.05) is 6.26 Å². The first kappa shape index (κ1) is 11.3. The third kappa shape index (κ3) is 2.62. The fraction of sp³-hybridized carbons (Fsp3) is 0.333. The summed E-state index contributed by atoms with van der Waals surface area (Å²) >= 11 is 7.28. The van der Waals surface area contributed by atoms with Gasteiger partial charge in [-0.2, -0.15) is 0 Å². The van der Waals surface area contributed by atoms with E-state index in [-0.39, 0.29) is 5.15 Å². The molecular weight excluding hydrogens is 222 g/mol. The third-order valence-corrected chi connectivity index (χ3v) is 2.46. The van der Waals surface area contributed by atoms with Crippen LogP contribution in [0.15, 0.2) is 17.2 Å². The Kier molecular flexibility index (Phi) is 4.22. The van der Waals surface area contributed by atoms with Gasteiger partial charge in [0.25, 0.3) is 0 Å². The van der Waals surface area contributed by atoms with Crippen molar-refractivity contribution < 1.29 is 9.53 Å². The van der Waals surface area contributed by atoms with E-state index >= 15 is 0 Å². The van der Waals surface area contributed by atoms with Gasteiger partial charge in [0.05, 0.1) is 17.2 Å². The van der Waals surface area contributed by atoms with Crippen molar-refractivity contribution in [2.45, 2.75) is 11.9 Å². The summed E-state index contributed by atoms with van der Waals surface area (Å²) in [6, 6.07) is 3.36. The second-order valence-corrected chi connectivity index (χ2v) is 3.60. The molecule has 0 bridgehead atoms. The minimum absolute atomic E-state index is 0.190. The molecule has 1 heterocycles. The average Bonchev–Trinajstić information content (AvgIpc) is 2.17. The van der Waals surface area contributed by atoms with Gasteiger partial charge in [-0.15, -0.1) is 11.8 Å². The zero-order chi connectivity index (χ0) is 10.6. The van der Waals surface area contributed by atoms with Gasteiger partial charge in [0, 0.05) is 0 Å². The number of esters is 1. The first-order valence-corrected chi connectivity index (χ1v) is 5.67. The van der Waals surface area contributed by atoms with Crippen molar-refractivity contribution in [3.63, 3.8) is 0 Å². The molecule has 0 aliphatic carbocycles. The number of carbonyl (C=O) groups excluding carboxylic acids is 1. The molecule has 0 atom stereocenters. The number of thioether (sulfide) groups is 1. The Labute approximate surface area is 91.8 Å². The molecule has 76 valence electrons. The first-order valence-electron chi connectivity index (χ1n) is 4.06. The molecule has 3 nitrogen and oxygen atoms in total. The second kappa shape index (κ2) is 5.22. The van der Waals surface area contributed by atoms with Gasteiger partial charge in [-0.25, -0.2) is 9.78 Å². The summed E-state index contributed by atoms with van der Waals surface area (Å²) in [7, 11) is 0. The number of halogens is 1. The van der Waals surface area contributed by atoms with E-state index in [1.54, 1.807) is 19.1 Å². The van der Waals surface area contributed by atoms with E-state index in [0.29, 0.717) is 12.2 Å². The SMILES string of the molecule is CCOC(=O)c1ccc(SC)nc1Cl. The van der Waals surface area contributed by atoms with Gasteiger partial charge in [0.1, 0.15) is 5.15 Å². The fourth-order valence-electron chi connectivity index (χ4n) is 0.892. The third-order valence-electron chi connectivity index (χ3n) is 1.53. The van der Waals surface area contributed by atoms with Crippen LogP contribution in [0.25, 0.3) is 0 Å². The molecule has 0 spiro atoms. The highest BCUT2D eigenvalue weighted by Crippen LogP contribution is 2.19. The van der Waals surface area contributed by atoms with Gasteiger partial charge >= 0.3 is 5.97 Å². The highest BCUT2D eigenvalue weighted by Gasteiger charge is 2.12. The largest absolute Gasteiger partial charge is 0.462 e. The minimum atomic E-state index is -0.433. The van der Waals surface area contributed by atoms with E-state index in [0.717, 1.165) is 5.03 Å². The zero-order valence-electron chi connectivity index (χ0n) is 7.91. The Morgan fingerprint density at radius 2 is 2.36 bits per heavy atom. The number of rotatable bonds is 3. The average molecular weight is 232 g/mol. The summed E-state index contributed by atoms with van der Waals surface area (Å²) in [5.74, 6) is -0.433. The quantitative estimate of drug-likeness (QED) is 0.456. The number of ether oxygens (including phenoxy) is 1. The van der Waals surface area contributed by atoms with Crippen LogP contribution in [0.4, 0.5) is 0 Å². The molecule has 1 rings (SSSR count). The highest BCUT2D eigenvalue weighted by atomic mass is 35.5. The molecule has 0 unspecified atom stereocenters. The molecule has 1 aromatic rings. The van der Waals surface area contributed by atoms with Crippen LogP contribution in [0.2, 0.25) is 5.15 Å². The number of aromatic nitrogens is 1. The van der Waals surface area contributed by atoms with E-state index in [2.05, 4.69) is 4.98 Å². The summed E-state index contributed by atoms with van der Waals surface area (Å²) in [5.41, 5.74) is 0.311. The molecular formula is C9H10ClNO2S. The van der Waals surface area contributed by atoms with Crippen molar-refractivity contribution in [3.05, 3.63) is 22.8 Å². The van der Waals surface area contributed by atoms with Crippen molar-refractivity contribution in [2.24, 2.45) is 0 Å². The van der Waals surface area contributed by atoms with Gasteiger partial charge in [-0.05, 0) is 25.3 Å². The minimum Gasteiger partial charge on any atom is -0.462 e. The maximum absolute atomic E-state index is 11.3. The predicted octanol–water partition coefficient (Wildman–Crippen LogP) is 2.63. The van der Waals surface area contributed by atoms with E-state index in [4.69, 9.17) is 16.3 Å². The van der Waals surface area contributed by atoms with Crippen LogP contribution in [0, 0.1) is 0 Å². The zero-order valence-corrected chi connectivity index (χ0v) is 9.48. The lowest BCUT2D eigenvalue weighted by molar-refractivity contribution is 0.0526. The smallest absolute Gasteiger partial charge is 0.341 e. The molecule has 0 saturated carbocycles. The Morgan fingerprint density at radius 1 is 1.64 bits per heavy atom. The number of hydrogen-bond donors (Lipinski definition) is 0. The van der Waals surface area contributed by atoms with Crippen molar-refractivity contribution in [1.29, 1.82) is 0 Å². The molecule has 0 aromatic carbocycles. The molecule has 0 amide bonds. The van der Waals surface area contributed by atoms with E-state index < -0.39 is 5.97 Å². The normalized spacial score (nSPS) is 9.93. The number of pyridine rings is 1. The van der Waals surface area contributed by atoms with E-state index in [1.165, 1.54) is 11.8 Å². The monoisotopic (exact) mass is 231 g/mol. The molecule has 0 radical (unpaired) electrons. The molecule has 0 N–H and O–H groups in total. The van der Waals surface area contributed by atoms with E-state index in [9.17, 15) is 4.79 Å². The summed E-state index contributed by atoms with van der Waals surface area (Å²) in [5, 5.41) is 0.971. The van der Waals surface area contributed by atoms with Crippen LogP contribution in [-0.4, -0.2) is 23.8 Å². The van der Waals surface area contributed by atoms with Crippen molar-refractivity contribution >= 4 is 29.3 Å². The van der Waals surface area contributed by atoms with Crippen LogP contribution in [0.3, 0.4) is 0 Å². The first-order chi connectivity index (χ1) is 6.69. The number of nitrogens with zero attached hydrogens (tertiary/aromatic N) is 1. The lowest BCUT2D eigenvalue weighted by atomic mass is 10.3. The Balaban J connectivity index is 2.94. The molecule has 0 aliphatic rings. The molecule has 1 aromatic heterocycles. The van der Waals surface area contributed by atoms with Crippen LogP contribution in [0.5, 0.6) is 0 Å². The van der Waals surface area contributed by atoms with Gasteiger partial charge in [-0.3, -0.25) is 0 Å². The number of carbonyl (C=O) groups is 1. The number of hydrogen-bond acceptors (Lipinski definition) is 4. The van der Waals surface area contributed by atoms with Crippen LogP contribution in [0.1, 0.15) is 17.3 Å². The van der Waals surface area contributed by atoms with Crippen molar-refractivity contribution in [3.8, 4) is 0 Å². The molecule has 0 aliphatic heterocycles. The summed E-state index contributed by atoms with van der Waals surface area (Å²) in [6.07, 6.45) is 1.89. The van der Waals surface area contributed by atoms with Crippen LogP contribution < -0.4 is 0 Å². The maximum atomic E-state index is 11.3.